The molecular formula is C8H9BrN2O2S. The molecule has 1 aliphatic rings. The quantitative estimate of drug-likeness (QED) is 0.859. The zero-order chi connectivity index (χ0) is 10.2. The Labute approximate surface area is 93.6 Å². The van der Waals surface area contributed by atoms with Crippen LogP contribution in [0.5, 0.6) is 0 Å². The number of thiophene rings is 1. The molecule has 0 radical (unpaired) electrons. The second kappa shape index (κ2) is 3.52. The molecule has 1 aromatic heterocycles. The van der Waals surface area contributed by atoms with Crippen molar-refractivity contribution in [3.05, 3.63) is 20.8 Å². The van der Waals surface area contributed by atoms with E-state index in [-0.39, 0.29) is 0 Å². The molecule has 76 valence electrons. The zero-order valence-corrected chi connectivity index (χ0v) is 9.65. The molecule has 3 N–H and O–H groups in total. The number of carbonyl (C=O) groups excluding carboxylic acids is 1. The largest absolute Gasteiger partial charge is 0.434 e. The van der Waals surface area contributed by atoms with E-state index in [0.29, 0.717) is 13.1 Å². The third-order valence-corrected chi connectivity index (χ3v) is 4.03. The van der Waals surface area contributed by atoms with Gasteiger partial charge in [-0.2, -0.15) is 0 Å². The zero-order valence-electron chi connectivity index (χ0n) is 7.25. The Bertz CT molecular complexity index is 368. The lowest BCUT2D eigenvalue weighted by Gasteiger charge is -2.22. The molecule has 0 aromatic carbocycles. The van der Waals surface area contributed by atoms with Gasteiger partial charge in [-0.3, -0.25) is 0 Å². The summed E-state index contributed by atoms with van der Waals surface area (Å²) in [5.41, 5.74) is 4.97. The highest BCUT2D eigenvalue weighted by Crippen LogP contribution is 2.34. The fourth-order valence-electron chi connectivity index (χ4n) is 1.37. The number of carbonyl (C=O) groups is 1. The van der Waals surface area contributed by atoms with Crippen molar-refractivity contribution >= 4 is 33.4 Å². The van der Waals surface area contributed by atoms with Crippen molar-refractivity contribution < 1.29 is 9.53 Å². The minimum absolute atomic E-state index is 0.290. The van der Waals surface area contributed by atoms with E-state index in [0.717, 1.165) is 9.35 Å². The molecular weight excluding hydrogens is 268 g/mol. The Balaban J connectivity index is 2.33. The number of nitrogens with one attached hydrogen (secondary N) is 1. The monoisotopic (exact) mass is 276 g/mol. The molecule has 1 fully saturated rings. The maximum Gasteiger partial charge on any atom is 0.408 e. The van der Waals surface area contributed by atoms with Crippen LogP contribution in [-0.2, 0) is 10.3 Å². The third kappa shape index (κ3) is 1.53. The van der Waals surface area contributed by atoms with Crippen LogP contribution in [0, 0.1) is 0 Å². The molecule has 2 rings (SSSR count). The lowest BCUT2D eigenvalue weighted by atomic mass is 10.0. The van der Waals surface area contributed by atoms with Crippen LogP contribution in [0.15, 0.2) is 15.9 Å². The number of hydrogen-bond acceptors (Lipinski definition) is 4. The number of amides is 1. The van der Waals surface area contributed by atoms with Crippen LogP contribution in [0.4, 0.5) is 4.79 Å². The van der Waals surface area contributed by atoms with Gasteiger partial charge in [-0.15, -0.1) is 11.3 Å². The number of cyclic esters (lactones) is 1. The lowest BCUT2D eigenvalue weighted by Crippen LogP contribution is -2.37. The van der Waals surface area contributed by atoms with Gasteiger partial charge in [0.25, 0.3) is 0 Å². The highest BCUT2D eigenvalue weighted by molar-refractivity contribution is 9.10. The van der Waals surface area contributed by atoms with Crippen LogP contribution in [0.1, 0.15) is 4.88 Å². The molecule has 1 unspecified atom stereocenters. The van der Waals surface area contributed by atoms with E-state index in [1.165, 1.54) is 11.3 Å². The average Bonchev–Trinajstić information content (AvgIpc) is 2.73. The van der Waals surface area contributed by atoms with E-state index in [4.69, 9.17) is 10.5 Å². The maximum atomic E-state index is 11.0. The van der Waals surface area contributed by atoms with Crippen molar-refractivity contribution in [3.63, 3.8) is 0 Å². The summed E-state index contributed by atoms with van der Waals surface area (Å²) in [4.78, 5) is 12.0. The SMILES string of the molecule is NCC1(c2cc(Br)cs2)CNC(=O)O1. The van der Waals surface area contributed by atoms with Gasteiger partial charge in [0.15, 0.2) is 5.60 Å². The maximum absolute atomic E-state index is 11.0. The third-order valence-electron chi connectivity index (χ3n) is 2.15. The predicted octanol–water partition coefficient (Wildman–Crippen LogP) is 1.40. The molecule has 6 heteroatoms. The number of nitrogens with two attached hydrogens (primary N) is 1. The highest BCUT2D eigenvalue weighted by Gasteiger charge is 2.42. The Morgan fingerprint density at radius 3 is 3.00 bits per heavy atom. The summed E-state index contributed by atoms with van der Waals surface area (Å²) in [7, 11) is 0. The molecule has 1 atom stereocenters. The highest BCUT2D eigenvalue weighted by atomic mass is 79.9. The van der Waals surface area contributed by atoms with Crippen LogP contribution in [-0.4, -0.2) is 19.2 Å². The van der Waals surface area contributed by atoms with Gasteiger partial charge >= 0.3 is 6.09 Å². The first kappa shape index (κ1) is 9.95. The van der Waals surface area contributed by atoms with Crippen molar-refractivity contribution in [1.29, 1.82) is 0 Å². The van der Waals surface area contributed by atoms with Gasteiger partial charge in [0.2, 0.25) is 0 Å². The van der Waals surface area contributed by atoms with Crippen LogP contribution in [0.25, 0.3) is 0 Å². The summed E-state index contributed by atoms with van der Waals surface area (Å²) >= 11 is 4.88. The summed E-state index contributed by atoms with van der Waals surface area (Å²) < 4.78 is 6.19. The van der Waals surface area contributed by atoms with Crippen molar-refractivity contribution in [1.82, 2.24) is 5.32 Å². The number of hydrogen-bond donors (Lipinski definition) is 2. The van der Waals surface area contributed by atoms with Gasteiger partial charge in [0.05, 0.1) is 11.4 Å². The molecule has 1 aliphatic heterocycles. The van der Waals surface area contributed by atoms with Gasteiger partial charge in [-0.05, 0) is 22.0 Å². The fraction of sp³-hybridized carbons (Fsp3) is 0.375. The van der Waals surface area contributed by atoms with Gasteiger partial charge in [0, 0.05) is 16.4 Å². The van der Waals surface area contributed by atoms with Crippen LogP contribution >= 0.6 is 27.3 Å². The van der Waals surface area contributed by atoms with E-state index >= 15 is 0 Å². The number of halogens is 1. The number of ether oxygens (including phenoxy) is 1. The molecule has 2 heterocycles. The van der Waals surface area contributed by atoms with Crippen LogP contribution < -0.4 is 11.1 Å². The first-order valence-corrected chi connectivity index (χ1v) is 5.75. The molecule has 0 spiro atoms. The second-order valence-corrected chi connectivity index (χ2v) is 4.90. The molecule has 0 saturated carbocycles. The molecule has 1 aromatic rings. The van der Waals surface area contributed by atoms with Gasteiger partial charge < -0.3 is 15.8 Å². The number of rotatable bonds is 2. The van der Waals surface area contributed by atoms with Crippen LogP contribution in [0.2, 0.25) is 0 Å². The topological polar surface area (TPSA) is 64.3 Å². The van der Waals surface area contributed by atoms with E-state index < -0.39 is 11.7 Å². The lowest BCUT2D eigenvalue weighted by molar-refractivity contribution is 0.0646. The molecule has 0 aliphatic carbocycles. The number of alkyl carbamates (subject to hydrolysis) is 1. The minimum atomic E-state index is -0.673. The summed E-state index contributed by atoms with van der Waals surface area (Å²) in [5, 5.41) is 4.56. The standard InChI is InChI=1S/C8H9BrN2O2S/c9-5-1-6(14-2-5)8(3-10)4-11-7(12)13-8/h1-2H,3-4,10H2,(H,11,12). The molecule has 4 nitrogen and oxygen atoms in total. The fourth-order valence-corrected chi connectivity index (χ4v) is 2.94. The Morgan fingerprint density at radius 2 is 2.57 bits per heavy atom. The van der Waals surface area contributed by atoms with Crippen molar-refractivity contribution in [2.75, 3.05) is 13.1 Å². The Kier molecular flexibility index (Phi) is 2.50. The predicted molar refractivity (Wildman–Crippen MR) is 57.2 cm³/mol. The summed E-state index contributed by atoms with van der Waals surface area (Å²) in [6.45, 7) is 0.730. The first-order chi connectivity index (χ1) is 6.66. The van der Waals surface area contributed by atoms with Crippen molar-refractivity contribution in [2.24, 2.45) is 5.73 Å². The Morgan fingerprint density at radius 1 is 1.79 bits per heavy atom. The molecule has 14 heavy (non-hydrogen) atoms. The van der Waals surface area contributed by atoms with Gasteiger partial charge in [-0.25, -0.2) is 4.79 Å². The van der Waals surface area contributed by atoms with E-state index in [2.05, 4.69) is 21.2 Å². The van der Waals surface area contributed by atoms with Gasteiger partial charge in [-0.1, -0.05) is 0 Å². The van der Waals surface area contributed by atoms with E-state index in [1.807, 2.05) is 11.4 Å². The summed E-state index contributed by atoms with van der Waals surface area (Å²) in [6.07, 6.45) is -0.403. The molecule has 0 bridgehead atoms. The first-order valence-electron chi connectivity index (χ1n) is 4.08. The van der Waals surface area contributed by atoms with E-state index in [9.17, 15) is 4.79 Å². The smallest absolute Gasteiger partial charge is 0.408 e. The summed E-state index contributed by atoms with van der Waals surface area (Å²) in [6, 6.07) is 1.93. The second-order valence-electron chi connectivity index (χ2n) is 3.07. The van der Waals surface area contributed by atoms with Crippen molar-refractivity contribution in [3.8, 4) is 0 Å². The minimum Gasteiger partial charge on any atom is -0.434 e. The van der Waals surface area contributed by atoms with Crippen molar-refractivity contribution in [2.45, 2.75) is 5.60 Å². The van der Waals surface area contributed by atoms with Gasteiger partial charge in [0.1, 0.15) is 0 Å². The van der Waals surface area contributed by atoms with Crippen LogP contribution in [0.3, 0.4) is 0 Å². The molecule has 1 saturated heterocycles. The van der Waals surface area contributed by atoms with E-state index in [1.54, 1.807) is 0 Å². The average molecular weight is 277 g/mol. The molecule has 1 amide bonds. The summed E-state index contributed by atoms with van der Waals surface area (Å²) in [5.74, 6) is 0. The Hall–Kier alpha value is -0.590. The normalized spacial score (nSPS) is 26.0.